The van der Waals surface area contributed by atoms with E-state index in [2.05, 4.69) is 20.6 Å². The normalized spacial score (nSPS) is 10.7. The fraction of sp³-hybridized carbons (Fsp3) is 0.182. The van der Waals surface area contributed by atoms with Gasteiger partial charge in [-0.25, -0.2) is 9.97 Å². The Kier molecular flexibility index (Phi) is 6.93. The molecule has 2 N–H and O–H groups in total. The molecule has 0 saturated heterocycles. The largest absolute Gasteiger partial charge is 0.497 e. The molecule has 0 aliphatic carbocycles. The summed E-state index contributed by atoms with van der Waals surface area (Å²) in [6.45, 7) is 2.00. The molecule has 32 heavy (non-hydrogen) atoms. The van der Waals surface area contributed by atoms with Crippen molar-refractivity contribution < 1.29 is 14.3 Å². The molecule has 0 bridgehead atoms. The van der Waals surface area contributed by atoms with Gasteiger partial charge < -0.3 is 15.4 Å². The van der Waals surface area contributed by atoms with E-state index in [9.17, 15) is 9.59 Å². The first-order valence-electron chi connectivity index (χ1n) is 9.68. The average Bonchev–Trinajstić information content (AvgIpc) is 3.53. The number of anilines is 1. The van der Waals surface area contributed by atoms with Gasteiger partial charge in [-0.1, -0.05) is 0 Å². The molecule has 10 heteroatoms. The lowest BCUT2D eigenvalue weighted by molar-refractivity contribution is -0.119. The van der Waals surface area contributed by atoms with E-state index in [1.54, 1.807) is 18.4 Å². The standard InChI is InChI=1S/C22H20N4O3S3/c1-13(27)23-10-17-7-8-19(32-17)18-12-31-22(25-18)26-20(28)9-15-11-30-21(24-15)14-3-5-16(29-2)6-4-14/h3-8,11-12H,9-10H2,1-2H3,(H,23,27)(H,25,26,28). The van der Waals surface area contributed by atoms with Crippen LogP contribution in [0.3, 0.4) is 0 Å². The van der Waals surface area contributed by atoms with Crippen LogP contribution in [-0.2, 0) is 22.6 Å². The highest BCUT2D eigenvalue weighted by Crippen LogP contribution is 2.31. The third-order valence-electron chi connectivity index (χ3n) is 4.41. The molecular formula is C22H20N4O3S3. The van der Waals surface area contributed by atoms with Crippen molar-refractivity contribution in [2.75, 3.05) is 12.4 Å². The molecule has 2 amide bonds. The topological polar surface area (TPSA) is 93.2 Å². The molecule has 0 spiro atoms. The van der Waals surface area contributed by atoms with Crippen LogP contribution in [0.15, 0.2) is 47.2 Å². The summed E-state index contributed by atoms with van der Waals surface area (Å²) in [5.74, 6) is 0.573. The number of carbonyl (C=O) groups is 2. The van der Waals surface area contributed by atoms with Gasteiger partial charge in [0.1, 0.15) is 10.8 Å². The number of aromatic nitrogens is 2. The van der Waals surface area contributed by atoms with Crippen molar-refractivity contribution in [1.29, 1.82) is 0 Å². The summed E-state index contributed by atoms with van der Waals surface area (Å²) >= 11 is 4.45. The Balaban J connectivity index is 1.34. The predicted octanol–water partition coefficient (Wildman–Crippen LogP) is 4.82. The van der Waals surface area contributed by atoms with Crippen LogP contribution in [0.4, 0.5) is 5.13 Å². The van der Waals surface area contributed by atoms with E-state index in [1.165, 1.54) is 29.6 Å². The summed E-state index contributed by atoms with van der Waals surface area (Å²) in [7, 11) is 1.63. The number of carbonyl (C=O) groups excluding carboxylic acids is 2. The Morgan fingerprint density at radius 2 is 1.84 bits per heavy atom. The van der Waals surface area contributed by atoms with Crippen molar-refractivity contribution in [1.82, 2.24) is 15.3 Å². The van der Waals surface area contributed by atoms with Gasteiger partial charge in [0, 0.05) is 28.1 Å². The van der Waals surface area contributed by atoms with Crippen LogP contribution < -0.4 is 15.4 Å². The zero-order valence-corrected chi connectivity index (χ0v) is 19.8. The number of rotatable bonds is 8. The highest BCUT2D eigenvalue weighted by molar-refractivity contribution is 7.17. The van der Waals surface area contributed by atoms with E-state index in [0.717, 1.165) is 37.5 Å². The highest BCUT2D eigenvalue weighted by Gasteiger charge is 2.13. The van der Waals surface area contributed by atoms with E-state index in [1.807, 2.05) is 47.2 Å². The van der Waals surface area contributed by atoms with Gasteiger partial charge in [0.25, 0.3) is 0 Å². The van der Waals surface area contributed by atoms with Gasteiger partial charge in [-0.2, -0.15) is 0 Å². The Labute approximate surface area is 197 Å². The average molecular weight is 485 g/mol. The van der Waals surface area contributed by atoms with Crippen LogP contribution in [0.2, 0.25) is 0 Å². The van der Waals surface area contributed by atoms with Crippen LogP contribution >= 0.6 is 34.0 Å². The third kappa shape index (κ3) is 5.58. The third-order valence-corrected chi connectivity index (χ3v) is 7.21. The molecule has 0 unspecified atom stereocenters. The first kappa shape index (κ1) is 22.1. The molecule has 4 rings (SSSR count). The predicted molar refractivity (Wildman–Crippen MR) is 129 cm³/mol. The minimum absolute atomic E-state index is 0.0603. The highest BCUT2D eigenvalue weighted by atomic mass is 32.1. The number of benzene rings is 1. The van der Waals surface area contributed by atoms with Crippen LogP contribution in [0.1, 0.15) is 17.5 Å². The molecule has 0 fully saturated rings. The van der Waals surface area contributed by atoms with Gasteiger partial charge in [-0.15, -0.1) is 34.0 Å². The number of thiophene rings is 1. The second-order valence-corrected chi connectivity index (χ2v) is 9.70. The number of thiazole rings is 2. The van der Waals surface area contributed by atoms with E-state index < -0.39 is 0 Å². The molecule has 0 aliphatic heterocycles. The van der Waals surface area contributed by atoms with E-state index in [4.69, 9.17) is 4.74 Å². The number of amides is 2. The maximum atomic E-state index is 12.5. The Morgan fingerprint density at radius 3 is 2.59 bits per heavy atom. The lowest BCUT2D eigenvalue weighted by Gasteiger charge is -2.01. The van der Waals surface area contributed by atoms with Gasteiger partial charge in [0.05, 0.1) is 36.3 Å². The molecule has 0 aliphatic rings. The molecule has 164 valence electrons. The number of methoxy groups -OCH3 is 1. The van der Waals surface area contributed by atoms with Crippen LogP contribution in [0, 0.1) is 0 Å². The zero-order valence-electron chi connectivity index (χ0n) is 17.4. The number of nitrogens with one attached hydrogen (secondary N) is 2. The maximum absolute atomic E-state index is 12.5. The molecule has 0 saturated carbocycles. The Morgan fingerprint density at radius 1 is 1.03 bits per heavy atom. The Hall–Kier alpha value is -3.08. The van der Waals surface area contributed by atoms with Crippen molar-refractivity contribution in [3.05, 3.63) is 57.7 Å². The van der Waals surface area contributed by atoms with Crippen molar-refractivity contribution in [3.63, 3.8) is 0 Å². The summed E-state index contributed by atoms with van der Waals surface area (Å²) in [6, 6.07) is 11.6. The lowest BCUT2D eigenvalue weighted by Crippen LogP contribution is -2.17. The summed E-state index contributed by atoms with van der Waals surface area (Å²) in [4.78, 5) is 34.7. The van der Waals surface area contributed by atoms with Crippen molar-refractivity contribution in [2.24, 2.45) is 0 Å². The summed E-state index contributed by atoms with van der Waals surface area (Å²) in [5.41, 5.74) is 2.51. The first-order valence-corrected chi connectivity index (χ1v) is 12.3. The van der Waals surface area contributed by atoms with Gasteiger partial charge in [-0.05, 0) is 36.4 Å². The molecule has 3 heterocycles. The quantitative estimate of drug-likeness (QED) is 0.374. The van der Waals surface area contributed by atoms with Gasteiger partial charge >= 0.3 is 0 Å². The fourth-order valence-electron chi connectivity index (χ4n) is 2.85. The second-order valence-electron chi connectivity index (χ2n) is 6.81. The van der Waals surface area contributed by atoms with Gasteiger partial charge in [-0.3, -0.25) is 9.59 Å². The second kappa shape index (κ2) is 10.0. The minimum atomic E-state index is -0.157. The van der Waals surface area contributed by atoms with Gasteiger partial charge in [0.15, 0.2) is 5.13 Å². The van der Waals surface area contributed by atoms with E-state index in [0.29, 0.717) is 11.7 Å². The molecule has 7 nitrogen and oxygen atoms in total. The van der Waals surface area contributed by atoms with Crippen molar-refractivity contribution in [2.45, 2.75) is 19.9 Å². The molecule has 1 aromatic carbocycles. The zero-order chi connectivity index (χ0) is 22.5. The van der Waals surface area contributed by atoms with Gasteiger partial charge in [0.2, 0.25) is 11.8 Å². The van der Waals surface area contributed by atoms with Crippen LogP contribution in [0.5, 0.6) is 5.75 Å². The monoisotopic (exact) mass is 484 g/mol. The van der Waals surface area contributed by atoms with Crippen molar-refractivity contribution in [3.8, 4) is 26.9 Å². The van der Waals surface area contributed by atoms with Crippen LogP contribution in [0.25, 0.3) is 21.1 Å². The van der Waals surface area contributed by atoms with E-state index in [-0.39, 0.29) is 18.2 Å². The molecule has 3 aromatic heterocycles. The number of ether oxygens (including phenoxy) is 1. The summed E-state index contributed by atoms with van der Waals surface area (Å²) in [6.07, 6.45) is 0.182. The van der Waals surface area contributed by atoms with Crippen molar-refractivity contribution >= 4 is 51.0 Å². The molecule has 0 radical (unpaired) electrons. The lowest BCUT2D eigenvalue weighted by atomic mass is 10.2. The van der Waals surface area contributed by atoms with Crippen LogP contribution in [-0.4, -0.2) is 28.9 Å². The summed E-state index contributed by atoms with van der Waals surface area (Å²) < 4.78 is 5.18. The maximum Gasteiger partial charge on any atom is 0.232 e. The fourth-order valence-corrected chi connectivity index (χ4v) is 5.38. The first-order chi connectivity index (χ1) is 15.5. The SMILES string of the molecule is COc1ccc(-c2nc(CC(=O)Nc3nc(-c4ccc(CNC(C)=O)s4)cs3)cs2)cc1. The number of hydrogen-bond acceptors (Lipinski definition) is 8. The molecule has 4 aromatic rings. The number of nitrogens with zero attached hydrogens (tertiary/aromatic N) is 2. The molecular weight excluding hydrogens is 464 g/mol. The smallest absolute Gasteiger partial charge is 0.232 e. The van der Waals surface area contributed by atoms with E-state index >= 15 is 0 Å². The summed E-state index contributed by atoms with van der Waals surface area (Å²) in [5, 5.41) is 10.9. The molecule has 0 atom stereocenters. The minimum Gasteiger partial charge on any atom is -0.497 e. The number of hydrogen-bond donors (Lipinski definition) is 2. The Bertz CT molecular complexity index is 1230.